The highest BCUT2D eigenvalue weighted by Gasteiger charge is 2.19. The fraction of sp³-hybridized carbons (Fsp3) is 0.522. The molecule has 1 unspecified atom stereocenters. The Morgan fingerprint density at radius 3 is 2.60 bits per heavy atom. The van der Waals surface area contributed by atoms with E-state index in [0.717, 1.165) is 36.6 Å². The number of hydrogen-bond donors (Lipinski definition) is 4. The molecule has 0 radical (unpaired) electrons. The van der Waals surface area contributed by atoms with Gasteiger partial charge in [0.05, 0.1) is 0 Å². The molecule has 7 nitrogen and oxygen atoms in total. The first kappa shape index (κ1) is 23.4. The third-order valence-electron chi connectivity index (χ3n) is 4.95. The number of unbranched alkanes of at least 4 members (excludes halogenated alkanes) is 1. The summed E-state index contributed by atoms with van der Waals surface area (Å²) < 4.78 is 5.41. The van der Waals surface area contributed by atoms with E-state index in [1.54, 1.807) is 18.2 Å². The zero-order valence-corrected chi connectivity index (χ0v) is 18.4. The Morgan fingerprint density at radius 2 is 1.97 bits per heavy atom. The third kappa shape index (κ3) is 7.21. The first-order valence-corrected chi connectivity index (χ1v) is 10.6. The highest BCUT2D eigenvalue weighted by atomic mass is 16.6. The molecule has 1 aromatic heterocycles. The molecule has 0 fully saturated rings. The number of nitrogens with one attached hydrogen (secondary N) is 3. The van der Waals surface area contributed by atoms with Gasteiger partial charge in [0, 0.05) is 29.4 Å². The number of ether oxygens (including phenoxy) is 1. The highest BCUT2D eigenvalue weighted by molar-refractivity contribution is 6.02. The van der Waals surface area contributed by atoms with Gasteiger partial charge in [-0.1, -0.05) is 19.8 Å². The molecule has 1 amide bonds. The predicted molar refractivity (Wildman–Crippen MR) is 120 cm³/mol. The smallest absolute Gasteiger partial charge is 0.306 e. The topological polar surface area (TPSA) is 121 Å². The summed E-state index contributed by atoms with van der Waals surface area (Å²) in [5, 5.41) is 11.3. The maximum absolute atomic E-state index is 12.4. The van der Waals surface area contributed by atoms with Gasteiger partial charge in [-0.15, -0.1) is 0 Å². The second-order valence-corrected chi connectivity index (χ2v) is 8.72. The summed E-state index contributed by atoms with van der Waals surface area (Å²) in [5.74, 6) is 0.00616. The molecule has 1 atom stereocenters. The number of H-pyrrole nitrogens is 1. The van der Waals surface area contributed by atoms with Gasteiger partial charge in [-0.25, -0.2) is 0 Å². The lowest BCUT2D eigenvalue weighted by atomic mass is 9.95. The molecule has 0 spiro atoms. The average Bonchev–Trinajstić information content (AvgIpc) is 3.08. The Balaban J connectivity index is 1.75. The Labute approximate surface area is 178 Å². The average molecular weight is 415 g/mol. The van der Waals surface area contributed by atoms with Gasteiger partial charge in [0.15, 0.2) is 0 Å². The number of benzene rings is 1. The summed E-state index contributed by atoms with van der Waals surface area (Å²) in [7, 11) is 0. The van der Waals surface area contributed by atoms with Crippen LogP contribution in [0.4, 0.5) is 0 Å². The Bertz CT molecular complexity index is 895. The number of nitrogens with two attached hydrogens (primary N) is 1. The maximum atomic E-state index is 12.4. The molecule has 5 N–H and O–H groups in total. The molecule has 0 saturated carbocycles. The van der Waals surface area contributed by atoms with Crippen molar-refractivity contribution in [2.75, 3.05) is 6.54 Å². The zero-order chi connectivity index (χ0) is 22.3. The van der Waals surface area contributed by atoms with Gasteiger partial charge in [-0.3, -0.25) is 15.0 Å². The van der Waals surface area contributed by atoms with Crippen LogP contribution >= 0.6 is 0 Å². The largest absolute Gasteiger partial charge is 0.460 e. The van der Waals surface area contributed by atoms with Crippen LogP contribution in [0.3, 0.4) is 0 Å². The molecule has 0 bridgehead atoms. The van der Waals surface area contributed by atoms with Crippen molar-refractivity contribution in [1.82, 2.24) is 10.3 Å². The summed E-state index contributed by atoms with van der Waals surface area (Å²) >= 11 is 0. The molecule has 7 heteroatoms. The number of carbonyl (C=O) groups is 2. The molecule has 0 aliphatic rings. The van der Waals surface area contributed by atoms with E-state index >= 15 is 0 Å². The van der Waals surface area contributed by atoms with Crippen molar-refractivity contribution in [2.24, 2.45) is 11.7 Å². The monoisotopic (exact) mass is 414 g/mol. The Kier molecular flexibility index (Phi) is 8.03. The molecule has 1 aromatic carbocycles. The molecule has 0 aliphatic heterocycles. The van der Waals surface area contributed by atoms with E-state index in [4.69, 9.17) is 15.9 Å². The number of amidine groups is 1. The van der Waals surface area contributed by atoms with E-state index < -0.39 is 5.60 Å². The van der Waals surface area contributed by atoms with Crippen molar-refractivity contribution >= 4 is 28.6 Å². The van der Waals surface area contributed by atoms with Gasteiger partial charge in [-0.05, 0) is 63.8 Å². The van der Waals surface area contributed by atoms with E-state index in [1.807, 2.05) is 26.8 Å². The lowest BCUT2D eigenvalue weighted by Crippen LogP contribution is -2.25. The van der Waals surface area contributed by atoms with Crippen molar-refractivity contribution in [3.63, 3.8) is 0 Å². The standard InChI is InChI=1S/C23H34N4O3/c1-5-15(12-20(28)30-23(2,3)4)8-6-7-11-26-22(29)19-14-17-13-16(21(24)25)9-10-18(17)27-19/h9-10,13-15,27H,5-8,11-12H2,1-4H3,(H3,24,25)(H,26,29). The zero-order valence-electron chi connectivity index (χ0n) is 18.4. The number of hydrogen-bond acceptors (Lipinski definition) is 4. The number of carbonyl (C=O) groups excluding carboxylic acids is 2. The van der Waals surface area contributed by atoms with Gasteiger partial charge >= 0.3 is 5.97 Å². The third-order valence-corrected chi connectivity index (χ3v) is 4.95. The van der Waals surface area contributed by atoms with Crippen LogP contribution in [0.25, 0.3) is 10.9 Å². The van der Waals surface area contributed by atoms with Crippen molar-refractivity contribution in [2.45, 2.75) is 65.4 Å². The fourth-order valence-electron chi connectivity index (χ4n) is 3.35. The van der Waals surface area contributed by atoms with Crippen LogP contribution in [0, 0.1) is 11.3 Å². The van der Waals surface area contributed by atoms with Crippen LogP contribution in [-0.2, 0) is 9.53 Å². The number of rotatable bonds is 10. The van der Waals surface area contributed by atoms with Crippen LogP contribution < -0.4 is 11.1 Å². The first-order valence-electron chi connectivity index (χ1n) is 10.6. The summed E-state index contributed by atoms with van der Waals surface area (Å²) in [4.78, 5) is 27.5. The van der Waals surface area contributed by atoms with Crippen LogP contribution in [0.2, 0.25) is 0 Å². The summed E-state index contributed by atoms with van der Waals surface area (Å²) in [6.07, 6.45) is 4.10. The van der Waals surface area contributed by atoms with E-state index in [-0.39, 0.29) is 17.7 Å². The molecule has 0 aliphatic carbocycles. The van der Waals surface area contributed by atoms with Gasteiger partial charge in [0.2, 0.25) is 0 Å². The Morgan fingerprint density at radius 1 is 1.23 bits per heavy atom. The second-order valence-electron chi connectivity index (χ2n) is 8.72. The first-order chi connectivity index (χ1) is 14.1. The number of fused-ring (bicyclic) bond motifs is 1. The number of aromatic nitrogens is 1. The van der Waals surface area contributed by atoms with Crippen LogP contribution in [-0.4, -0.2) is 34.8 Å². The van der Waals surface area contributed by atoms with Crippen LogP contribution in [0.1, 0.15) is 75.9 Å². The summed E-state index contributed by atoms with van der Waals surface area (Å²) in [5.41, 5.74) is 7.02. The maximum Gasteiger partial charge on any atom is 0.306 e. The highest BCUT2D eigenvalue weighted by Crippen LogP contribution is 2.20. The van der Waals surface area contributed by atoms with Gasteiger partial charge in [0.1, 0.15) is 17.1 Å². The minimum Gasteiger partial charge on any atom is -0.460 e. The Hall–Kier alpha value is -2.83. The van der Waals surface area contributed by atoms with Crippen molar-refractivity contribution in [3.05, 3.63) is 35.5 Å². The van der Waals surface area contributed by atoms with Gasteiger partial charge in [-0.2, -0.15) is 0 Å². The minimum atomic E-state index is -0.449. The molecular formula is C23H34N4O3. The lowest BCUT2D eigenvalue weighted by Gasteiger charge is -2.21. The molecule has 2 rings (SSSR count). The van der Waals surface area contributed by atoms with Gasteiger partial charge in [0.25, 0.3) is 5.91 Å². The van der Waals surface area contributed by atoms with E-state index in [1.165, 1.54) is 0 Å². The molecule has 30 heavy (non-hydrogen) atoms. The summed E-state index contributed by atoms with van der Waals surface area (Å²) in [6.45, 7) is 8.30. The van der Waals surface area contributed by atoms with Crippen molar-refractivity contribution in [3.8, 4) is 0 Å². The molecule has 164 valence electrons. The quantitative estimate of drug-likeness (QED) is 0.202. The number of nitrogen functional groups attached to an aromatic ring is 1. The molecule has 0 saturated heterocycles. The van der Waals surface area contributed by atoms with Crippen LogP contribution in [0.5, 0.6) is 0 Å². The lowest BCUT2D eigenvalue weighted by molar-refractivity contribution is -0.156. The predicted octanol–water partition coefficient (Wildman–Crippen LogP) is 4.11. The SMILES string of the molecule is CCC(CCCCNC(=O)c1cc2cc(C(=N)N)ccc2[nH]1)CC(=O)OC(C)(C)C. The van der Waals surface area contributed by atoms with E-state index in [2.05, 4.69) is 17.2 Å². The minimum absolute atomic E-state index is 0.00107. The molecule has 2 aromatic rings. The summed E-state index contributed by atoms with van der Waals surface area (Å²) in [6, 6.07) is 7.13. The number of amides is 1. The number of esters is 1. The van der Waals surface area contributed by atoms with Crippen LogP contribution in [0.15, 0.2) is 24.3 Å². The van der Waals surface area contributed by atoms with E-state index in [0.29, 0.717) is 30.1 Å². The second kappa shape index (κ2) is 10.3. The fourth-order valence-corrected chi connectivity index (χ4v) is 3.35. The van der Waals surface area contributed by atoms with E-state index in [9.17, 15) is 9.59 Å². The molecular weight excluding hydrogens is 380 g/mol. The normalized spacial score (nSPS) is 12.5. The van der Waals surface area contributed by atoms with Crippen molar-refractivity contribution in [1.29, 1.82) is 5.41 Å². The van der Waals surface area contributed by atoms with Crippen molar-refractivity contribution < 1.29 is 14.3 Å². The van der Waals surface area contributed by atoms with Gasteiger partial charge < -0.3 is 20.8 Å². The molecule has 1 heterocycles. The number of aromatic amines is 1.